The Balaban J connectivity index is 1.93. The number of hydrogen-bond acceptors (Lipinski definition) is 3. The number of hydrogen-bond donors (Lipinski definition) is 3. The summed E-state index contributed by atoms with van der Waals surface area (Å²) < 4.78 is 0. The zero-order chi connectivity index (χ0) is 13.1. The number of primary amides is 1. The Labute approximate surface area is 105 Å². The van der Waals surface area contributed by atoms with Gasteiger partial charge in [-0.2, -0.15) is 0 Å². The summed E-state index contributed by atoms with van der Waals surface area (Å²) in [6, 6.07) is 6.67. The molecule has 1 aromatic carbocycles. The second-order valence-corrected chi connectivity index (χ2v) is 4.39. The van der Waals surface area contributed by atoms with Crippen LogP contribution < -0.4 is 16.8 Å². The molecule has 0 aromatic heterocycles. The van der Waals surface area contributed by atoms with Crippen LogP contribution in [0.4, 0.5) is 16.2 Å². The normalized spacial score (nSPS) is 18.7. The van der Waals surface area contributed by atoms with Crippen molar-refractivity contribution in [2.45, 2.75) is 6.42 Å². The van der Waals surface area contributed by atoms with Crippen molar-refractivity contribution in [3.05, 3.63) is 24.3 Å². The number of benzene rings is 1. The number of nitrogen functional groups attached to an aromatic ring is 1. The number of rotatable bonds is 2. The van der Waals surface area contributed by atoms with Crippen molar-refractivity contribution >= 4 is 23.3 Å². The van der Waals surface area contributed by atoms with Crippen LogP contribution >= 0.6 is 0 Å². The number of nitrogens with two attached hydrogens (primary N) is 2. The Kier molecular flexibility index (Phi) is 3.36. The fraction of sp³-hybridized carbons (Fsp3) is 0.333. The molecule has 5 N–H and O–H groups in total. The Morgan fingerprint density at radius 2 is 1.94 bits per heavy atom. The van der Waals surface area contributed by atoms with Crippen LogP contribution in [-0.4, -0.2) is 29.9 Å². The lowest BCUT2D eigenvalue weighted by Crippen LogP contribution is -2.34. The third-order valence-electron chi connectivity index (χ3n) is 3.04. The summed E-state index contributed by atoms with van der Waals surface area (Å²) in [5.41, 5.74) is 12.1. The summed E-state index contributed by atoms with van der Waals surface area (Å²) in [4.78, 5) is 24.5. The maximum absolute atomic E-state index is 11.9. The van der Waals surface area contributed by atoms with E-state index in [1.807, 2.05) is 0 Å². The van der Waals surface area contributed by atoms with E-state index in [-0.39, 0.29) is 17.9 Å². The molecule has 0 saturated carbocycles. The molecular formula is C12H16N4O2. The van der Waals surface area contributed by atoms with E-state index in [9.17, 15) is 9.59 Å². The van der Waals surface area contributed by atoms with Gasteiger partial charge in [-0.25, -0.2) is 4.79 Å². The topological polar surface area (TPSA) is 101 Å². The molecule has 6 heteroatoms. The van der Waals surface area contributed by atoms with Crippen molar-refractivity contribution < 1.29 is 9.59 Å². The molecule has 2 rings (SSSR count). The SMILES string of the molecule is NC(=O)C1CCN(C(=O)Nc2ccc(N)cc2)C1. The predicted molar refractivity (Wildman–Crippen MR) is 68.7 cm³/mol. The van der Waals surface area contributed by atoms with Gasteiger partial charge in [0.15, 0.2) is 0 Å². The Morgan fingerprint density at radius 3 is 2.50 bits per heavy atom. The summed E-state index contributed by atoms with van der Waals surface area (Å²) in [6.45, 7) is 0.935. The molecule has 1 aliphatic rings. The van der Waals surface area contributed by atoms with Gasteiger partial charge in [0.25, 0.3) is 0 Å². The van der Waals surface area contributed by atoms with Crippen molar-refractivity contribution in [1.29, 1.82) is 0 Å². The number of carbonyl (C=O) groups is 2. The van der Waals surface area contributed by atoms with Crippen molar-refractivity contribution in [3.63, 3.8) is 0 Å². The van der Waals surface area contributed by atoms with Gasteiger partial charge < -0.3 is 21.7 Å². The van der Waals surface area contributed by atoms with Crippen LogP contribution in [0.3, 0.4) is 0 Å². The van der Waals surface area contributed by atoms with E-state index in [0.717, 1.165) is 0 Å². The van der Waals surface area contributed by atoms with E-state index in [2.05, 4.69) is 5.32 Å². The molecule has 0 spiro atoms. The third kappa shape index (κ3) is 2.71. The highest BCUT2D eigenvalue weighted by atomic mass is 16.2. The van der Waals surface area contributed by atoms with E-state index >= 15 is 0 Å². The van der Waals surface area contributed by atoms with E-state index in [4.69, 9.17) is 11.5 Å². The average molecular weight is 248 g/mol. The van der Waals surface area contributed by atoms with Crippen LogP contribution in [0, 0.1) is 5.92 Å². The Morgan fingerprint density at radius 1 is 1.28 bits per heavy atom. The zero-order valence-electron chi connectivity index (χ0n) is 9.93. The zero-order valence-corrected chi connectivity index (χ0v) is 9.93. The number of nitrogens with zero attached hydrogens (tertiary/aromatic N) is 1. The summed E-state index contributed by atoms with van der Waals surface area (Å²) >= 11 is 0. The Bertz CT molecular complexity index is 458. The van der Waals surface area contributed by atoms with Gasteiger partial charge in [0.1, 0.15) is 0 Å². The summed E-state index contributed by atoms with van der Waals surface area (Å²) in [5, 5.41) is 2.75. The minimum Gasteiger partial charge on any atom is -0.399 e. The predicted octanol–water partition coefficient (Wildman–Crippen LogP) is 0.608. The van der Waals surface area contributed by atoms with Gasteiger partial charge in [-0.3, -0.25) is 4.79 Å². The number of amides is 3. The highest BCUT2D eigenvalue weighted by Gasteiger charge is 2.29. The molecule has 1 unspecified atom stereocenters. The lowest BCUT2D eigenvalue weighted by molar-refractivity contribution is -0.121. The van der Waals surface area contributed by atoms with E-state index in [1.165, 1.54) is 0 Å². The maximum atomic E-state index is 11.9. The standard InChI is InChI=1S/C12H16N4O2/c13-9-1-3-10(4-2-9)15-12(18)16-6-5-8(7-16)11(14)17/h1-4,8H,5-7,13H2,(H2,14,17)(H,15,18). The van der Waals surface area contributed by atoms with Gasteiger partial charge >= 0.3 is 6.03 Å². The quantitative estimate of drug-likeness (QED) is 0.668. The lowest BCUT2D eigenvalue weighted by atomic mass is 10.1. The molecule has 0 bridgehead atoms. The summed E-state index contributed by atoms with van der Waals surface area (Å²) in [6.07, 6.45) is 0.629. The van der Waals surface area contributed by atoms with Gasteiger partial charge in [0, 0.05) is 24.5 Å². The number of likely N-dealkylation sites (tertiary alicyclic amines) is 1. The van der Waals surface area contributed by atoms with Crippen LogP contribution in [0.25, 0.3) is 0 Å². The number of carbonyl (C=O) groups excluding carboxylic acids is 2. The fourth-order valence-electron chi connectivity index (χ4n) is 1.95. The number of nitrogens with one attached hydrogen (secondary N) is 1. The summed E-state index contributed by atoms with van der Waals surface area (Å²) in [5.74, 6) is -0.583. The van der Waals surface area contributed by atoms with Crippen LogP contribution in [0.5, 0.6) is 0 Å². The molecule has 6 nitrogen and oxygen atoms in total. The van der Waals surface area contributed by atoms with Crippen LogP contribution in [0.2, 0.25) is 0 Å². The number of urea groups is 1. The van der Waals surface area contributed by atoms with E-state index in [0.29, 0.717) is 30.9 Å². The van der Waals surface area contributed by atoms with E-state index in [1.54, 1.807) is 29.2 Å². The molecule has 3 amide bonds. The van der Waals surface area contributed by atoms with Gasteiger partial charge in [0.05, 0.1) is 5.92 Å². The molecular weight excluding hydrogens is 232 g/mol. The van der Waals surface area contributed by atoms with Crippen molar-refractivity contribution in [3.8, 4) is 0 Å². The molecule has 1 aromatic rings. The molecule has 1 fully saturated rings. The smallest absolute Gasteiger partial charge is 0.321 e. The second-order valence-electron chi connectivity index (χ2n) is 4.39. The highest BCUT2D eigenvalue weighted by molar-refractivity contribution is 5.90. The lowest BCUT2D eigenvalue weighted by Gasteiger charge is -2.16. The molecule has 1 saturated heterocycles. The van der Waals surface area contributed by atoms with Gasteiger partial charge in [-0.1, -0.05) is 0 Å². The third-order valence-corrected chi connectivity index (χ3v) is 3.04. The monoisotopic (exact) mass is 248 g/mol. The first-order valence-electron chi connectivity index (χ1n) is 5.77. The van der Waals surface area contributed by atoms with Crippen LogP contribution in [-0.2, 0) is 4.79 Å². The second kappa shape index (κ2) is 4.95. The highest BCUT2D eigenvalue weighted by Crippen LogP contribution is 2.17. The number of anilines is 2. The molecule has 96 valence electrons. The minimum atomic E-state index is -0.349. The maximum Gasteiger partial charge on any atom is 0.321 e. The van der Waals surface area contributed by atoms with Crippen LogP contribution in [0.1, 0.15) is 6.42 Å². The molecule has 18 heavy (non-hydrogen) atoms. The minimum absolute atomic E-state index is 0.219. The van der Waals surface area contributed by atoms with Gasteiger partial charge in [-0.15, -0.1) is 0 Å². The first-order valence-corrected chi connectivity index (χ1v) is 5.77. The first kappa shape index (κ1) is 12.2. The van der Waals surface area contributed by atoms with Gasteiger partial charge in [-0.05, 0) is 30.7 Å². The average Bonchev–Trinajstić information content (AvgIpc) is 2.81. The Hall–Kier alpha value is -2.24. The molecule has 1 aliphatic heterocycles. The molecule has 1 heterocycles. The fourth-order valence-corrected chi connectivity index (χ4v) is 1.95. The van der Waals surface area contributed by atoms with Crippen LogP contribution in [0.15, 0.2) is 24.3 Å². The largest absolute Gasteiger partial charge is 0.399 e. The molecule has 0 aliphatic carbocycles. The van der Waals surface area contributed by atoms with Gasteiger partial charge in [0.2, 0.25) is 5.91 Å². The van der Waals surface area contributed by atoms with Crippen molar-refractivity contribution in [1.82, 2.24) is 4.90 Å². The van der Waals surface area contributed by atoms with E-state index < -0.39 is 0 Å². The molecule has 1 atom stereocenters. The van der Waals surface area contributed by atoms with Crippen molar-refractivity contribution in [2.75, 3.05) is 24.1 Å². The summed E-state index contributed by atoms with van der Waals surface area (Å²) in [7, 11) is 0. The first-order chi connectivity index (χ1) is 8.56. The van der Waals surface area contributed by atoms with Crippen molar-refractivity contribution in [2.24, 2.45) is 11.7 Å². The molecule has 0 radical (unpaired) electrons.